The molecule has 0 bridgehead atoms. The second kappa shape index (κ2) is 11.9. The average molecular weight is 312 g/mol. The van der Waals surface area contributed by atoms with Crippen LogP contribution in [0.25, 0.3) is 0 Å². The maximum absolute atomic E-state index is 12.5. The van der Waals surface area contributed by atoms with Crippen molar-refractivity contribution in [3.8, 4) is 0 Å². The van der Waals surface area contributed by atoms with E-state index in [-0.39, 0.29) is 11.9 Å². The highest BCUT2D eigenvalue weighted by atomic mass is 16.5. The van der Waals surface area contributed by atoms with Crippen LogP contribution < -0.4 is 0 Å². The van der Waals surface area contributed by atoms with Gasteiger partial charge in [0.1, 0.15) is 0 Å². The smallest absolute Gasteiger partial charge is 0.311 e. The lowest BCUT2D eigenvalue weighted by molar-refractivity contribution is -0.155. The van der Waals surface area contributed by atoms with Gasteiger partial charge in [0, 0.05) is 6.61 Å². The van der Waals surface area contributed by atoms with Crippen molar-refractivity contribution in [3.05, 3.63) is 0 Å². The molecule has 0 radical (unpaired) electrons. The lowest BCUT2D eigenvalue weighted by atomic mass is 9.80. The van der Waals surface area contributed by atoms with Crippen LogP contribution in [-0.4, -0.2) is 25.8 Å². The normalized spacial score (nSPS) is 18.9. The molecule has 0 aromatic rings. The van der Waals surface area contributed by atoms with Crippen LogP contribution in [0, 0.1) is 17.8 Å². The number of hydrogen-bond donors (Lipinski definition) is 0. The monoisotopic (exact) mass is 312 g/mol. The third-order valence-electron chi connectivity index (χ3n) is 5.03. The van der Waals surface area contributed by atoms with E-state index in [4.69, 9.17) is 9.47 Å². The topological polar surface area (TPSA) is 35.5 Å². The molecule has 1 fully saturated rings. The Balaban J connectivity index is 2.47. The second-order valence-corrected chi connectivity index (χ2v) is 6.71. The van der Waals surface area contributed by atoms with Crippen LogP contribution >= 0.6 is 0 Å². The first kappa shape index (κ1) is 19.5. The van der Waals surface area contributed by atoms with Crippen molar-refractivity contribution in [1.82, 2.24) is 0 Å². The van der Waals surface area contributed by atoms with Crippen LogP contribution in [0.15, 0.2) is 0 Å². The summed E-state index contributed by atoms with van der Waals surface area (Å²) < 4.78 is 11.3. The van der Waals surface area contributed by atoms with E-state index in [9.17, 15) is 4.79 Å². The number of rotatable bonds is 11. The number of ether oxygens (including phenoxy) is 2. The Morgan fingerprint density at radius 3 is 2.41 bits per heavy atom. The lowest BCUT2D eigenvalue weighted by Crippen LogP contribution is -2.32. The molecule has 0 aliphatic heterocycles. The first-order chi connectivity index (χ1) is 10.7. The Hall–Kier alpha value is -0.570. The Morgan fingerprint density at radius 1 is 1.09 bits per heavy atom. The van der Waals surface area contributed by atoms with E-state index < -0.39 is 0 Å². The summed E-state index contributed by atoms with van der Waals surface area (Å²) in [6.07, 6.45) is 10.8. The highest BCUT2D eigenvalue weighted by Gasteiger charge is 2.31. The highest BCUT2D eigenvalue weighted by molar-refractivity contribution is 5.73. The fraction of sp³-hybridized carbons (Fsp3) is 0.947. The van der Waals surface area contributed by atoms with E-state index in [0.717, 1.165) is 19.3 Å². The van der Waals surface area contributed by atoms with Crippen LogP contribution in [0.5, 0.6) is 0 Å². The SMILES string of the molecule is CCCCC(CC)COC(=O)C(COCC)C1CCCCC1. The number of esters is 1. The zero-order chi connectivity index (χ0) is 16.2. The second-order valence-electron chi connectivity index (χ2n) is 6.71. The molecule has 130 valence electrons. The first-order valence-corrected chi connectivity index (χ1v) is 9.47. The van der Waals surface area contributed by atoms with Crippen LogP contribution in [-0.2, 0) is 14.3 Å². The van der Waals surface area contributed by atoms with Gasteiger partial charge in [-0.15, -0.1) is 0 Å². The molecule has 1 aliphatic rings. The van der Waals surface area contributed by atoms with Gasteiger partial charge in [-0.25, -0.2) is 0 Å². The summed E-state index contributed by atoms with van der Waals surface area (Å²) in [6, 6.07) is 0. The molecule has 1 rings (SSSR count). The predicted molar refractivity (Wildman–Crippen MR) is 90.8 cm³/mol. The highest BCUT2D eigenvalue weighted by Crippen LogP contribution is 2.31. The zero-order valence-corrected chi connectivity index (χ0v) is 14.9. The van der Waals surface area contributed by atoms with E-state index in [1.807, 2.05) is 6.92 Å². The van der Waals surface area contributed by atoms with Gasteiger partial charge in [-0.3, -0.25) is 4.79 Å². The molecule has 1 aliphatic carbocycles. The zero-order valence-electron chi connectivity index (χ0n) is 14.9. The molecule has 3 nitrogen and oxygen atoms in total. The van der Waals surface area contributed by atoms with Crippen molar-refractivity contribution < 1.29 is 14.3 Å². The largest absolute Gasteiger partial charge is 0.465 e. The van der Waals surface area contributed by atoms with Gasteiger partial charge in [0.05, 0.1) is 19.1 Å². The van der Waals surface area contributed by atoms with Crippen molar-refractivity contribution in [3.63, 3.8) is 0 Å². The minimum Gasteiger partial charge on any atom is -0.465 e. The van der Waals surface area contributed by atoms with Crippen molar-refractivity contribution in [2.75, 3.05) is 19.8 Å². The van der Waals surface area contributed by atoms with Gasteiger partial charge in [0.25, 0.3) is 0 Å². The standard InChI is InChI=1S/C19H36O3/c1-4-7-11-16(5-2)14-22-19(20)18(15-21-6-3)17-12-9-8-10-13-17/h16-18H,4-15H2,1-3H3. The Morgan fingerprint density at radius 2 is 1.82 bits per heavy atom. The molecular weight excluding hydrogens is 276 g/mol. The summed E-state index contributed by atoms with van der Waals surface area (Å²) in [5, 5.41) is 0. The van der Waals surface area contributed by atoms with Gasteiger partial charge in [-0.1, -0.05) is 52.4 Å². The average Bonchev–Trinajstić information content (AvgIpc) is 2.56. The molecule has 0 amide bonds. The molecule has 0 aromatic carbocycles. The number of carbonyl (C=O) groups excluding carboxylic acids is 1. The molecule has 0 spiro atoms. The molecule has 0 N–H and O–H groups in total. The third-order valence-corrected chi connectivity index (χ3v) is 5.03. The summed E-state index contributed by atoms with van der Waals surface area (Å²) in [4.78, 5) is 12.5. The molecule has 2 unspecified atom stereocenters. The maximum Gasteiger partial charge on any atom is 0.311 e. The molecule has 0 aromatic heterocycles. The Kier molecular flexibility index (Phi) is 10.6. The molecule has 2 atom stereocenters. The summed E-state index contributed by atoms with van der Waals surface area (Å²) in [5.74, 6) is 0.908. The van der Waals surface area contributed by atoms with Gasteiger partial charge in [0.2, 0.25) is 0 Å². The Bertz CT molecular complexity index is 284. The van der Waals surface area contributed by atoms with E-state index in [2.05, 4.69) is 13.8 Å². The summed E-state index contributed by atoms with van der Waals surface area (Å²) in [7, 11) is 0. The fourth-order valence-electron chi connectivity index (χ4n) is 3.38. The van der Waals surface area contributed by atoms with Crippen molar-refractivity contribution in [1.29, 1.82) is 0 Å². The third kappa shape index (κ3) is 7.13. The van der Waals surface area contributed by atoms with Crippen LogP contribution in [0.2, 0.25) is 0 Å². The van der Waals surface area contributed by atoms with E-state index in [1.165, 1.54) is 38.5 Å². The summed E-state index contributed by atoms with van der Waals surface area (Å²) in [6.45, 7) is 8.18. The number of unbranched alkanes of at least 4 members (excludes halogenated alkanes) is 1. The van der Waals surface area contributed by atoms with Crippen molar-refractivity contribution >= 4 is 5.97 Å². The first-order valence-electron chi connectivity index (χ1n) is 9.47. The molecule has 0 heterocycles. The molecule has 3 heteroatoms. The maximum atomic E-state index is 12.5. The fourth-order valence-corrected chi connectivity index (χ4v) is 3.38. The van der Waals surface area contributed by atoms with Gasteiger partial charge in [-0.05, 0) is 38.0 Å². The summed E-state index contributed by atoms with van der Waals surface area (Å²) >= 11 is 0. The van der Waals surface area contributed by atoms with Crippen molar-refractivity contribution in [2.45, 2.75) is 78.6 Å². The van der Waals surface area contributed by atoms with E-state index in [1.54, 1.807) is 0 Å². The predicted octanol–water partition coefficient (Wildman–Crippen LogP) is 4.98. The molecule has 0 saturated heterocycles. The van der Waals surface area contributed by atoms with Crippen LogP contribution in [0.1, 0.15) is 78.6 Å². The van der Waals surface area contributed by atoms with Gasteiger partial charge >= 0.3 is 5.97 Å². The minimum atomic E-state index is -0.0519. The van der Waals surface area contributed by atoms with Gasteiger partial charge in [0.15, 0.2) is 0 Å². The quantitative estimate of drug-likeness (QED) is 0.505. The number of carbonyl (C=O) groups is 1. The van der Waals surface area contributed by atoms with Gasteiger partial charge < -0.3 is 9.47 Å². The molecule has 22 heavy (non-hydrogen) atoms. The van der Waals surface area contributed by atoms with Gasteiger partial charge in [-0.2, -0.15) is 0 Å². The number of hydrogen-bond acceptors (Lipinski definition) is 3. The Labute approximate surface area is 137 Å². The van der Waals surface area contributed by atoms with E-state index in [0.29, 0.717) is 31.7 Å². The minimum absolute atomic E-state index is 0.0182. The van der Waals surface area contributed by atoms with E-state index >= 15 is 0 Å². The molecular formula is C19H36O3. The molecule has 1 saturated carbocycles. The van der Waals surface area contributed by atoms with Crippen molar-refractivity contribution in [2.24, 2.45) is 17.8 Å². The summed E-state index contributed by atoms with van der Waals surface area (Å²) in [5.41, 5.74) is 0. The lowest BCUT2D eigenvalue weighted by Gasteiger charge is -2.29. The van der Waals surface area contributed by atoms with Crippen LogP contribution in [0.3, 0.4) is 0 Å². The van der Waals surface area contributed by atoms with Crippen LogP contribution in [0.4, 0.5) is 0 Å².